The summed E-state index contributed by atoms with van der Waals surface area (Å²) in [6.07, 6.45) is 8.53. The lowest BCUT2D eigenvalue weighted by Gasteiger charge is -2.31. The normalized spacial score (nSPS) is 21.0. The predicted molar refractivity (Wildman–Crippen MR) is 128 cm³/mol. The zero-order chi connectivity index (χ0) is 22.9. The highest BCUT2D eigenvalue weighted by Gasteiger charge is 2.36. The molecule has 3 heterocycles. The zero-order valence-corrected chi connectivity index (χ0v) is 19.8. The molecular formula is C27H34N4O2. The number of amides is 2. The molecule has 0 spiro atoms. The summed E-state index contributed by atoms with van der Waals surface area (Å²) in [5.41, 5.74) is 4.29. The van der Waals surface area contributed by atoms with Crippen LogP contribution in [0.3, 0.4) is 0 Å². The zero-order valence-electron chi connectivity index (χ0n) is 19.8. The third-order valence-corrected chi connectivity index (χ3v) is 7.63. The van der Waals surface area contributed by atoms with Crippen LogP contribution in [0, 0.1) is 19.8 Å². The molecule has 3 aliphatic rings. The predicted octanol–water partition coefficient (Wildman–Crippen LogP) is 4.82. The number of aromatic nitrogens is 2. The van der Waals surface area contributed by atoms with E-state index in [0.717, 1.165) is 42.0 Å². The lowest BCUT2D eigenvalue weighted by molar-refractivity contribution is -0.133. The molecule has 1 saturated carbocycles. The van der Waals surface area contributed by atoms with Gasteiger partial charge in [0.1, 0.15) is 5.82 Å². The second-order valence-corrected chi connectivity index (χ2v) is 10.0. The summed E-state index contributed by atoms with van der Waals surface area (Å²) < 4.78 is 0. The van der Waals surface area contributed by atoms with Crippen LogP contribution in [0.2, 0.25) is 0 Å². The number of fused-ring (bicyclic) bond motifs is 1. The van der Waals surface area contributed by atoms with Gasteiger partial charge in [-0.05, 0) is 57.4 Å². The van der Waals surface area contributed by atoms with Gasteiger partial charge < -0.3 is 4.90 Å². The second kappa shape index (κ2) is 9.24. The van der Waals surface area contributed by atoms with E-state index in [4.69, 9.17) is 9.97 Å². The maximum atomic E-state index is 13.1. The van der Waals surface area contributed by atoms with Crippen molar-refractivity contribution in [3.8, 4) is 0 Å². The lowest BCUT2D eigenvalue weighted by Crippen LogP contribution is -2.37. The lowest BCUT2D eigenvalue weighted by atomic mass is 10.0. The molecule has 0 unspecified atom stereocenters. The number of rotatable bonds is 5. The van der Waals surface area contributed by atoms with E-state index in [1.807, 2.05) is 16.7 Å². The molecule has 1 aromatic heterocycles. The maximum absolute atomic E-state index is 13.1. The minimum absolute atomic E-state index is 0.0823. The van der Waals surface area contributed by atoms with E-state index >= 15 is 0 Å². The number of hydrogen-bond acceptors (Lipinski definition) is 4. The maximum Gasteiger partial charge on any atom is 0.228 e. The number of hydrogen-bond donors (Lipinski definition) is 0. The monoisotopic (exact) mass is 446 g/mol. The minimum atomic E-state index is -0.0823. The van der Waals surface area contributed by atoms with Crippen molar-refractivity contribution in [1.29, 1.82) is 0 Å². The van der Waals surface area contributed by atoms with Gasteiger partial charge in [0.2, 0.25) is 11.8 Å². The number of benzene rings is 1. The van der Waals surface area contributed by atoms with Crippen LogP contribution in [0.5, 0.6) is 0 Å². The molecule has 1 atom stereocenters. The first-order valence-corrected chi connectivity index (χ1v) is 12.5. The molecule has 6 heteroatoms. The summed E-state index contributed by atoms with van der Waals surface area (Å²) in [7, 11) is 0. The molecule has 6 nitrogen and oxygen atoms in total. The molecule has 5 rings (SSSR count). The largest absolute Gasteiger partial charge is 0.332 e. The van der Waals surface area contributed by atoms with Gasteiger partial charge in [0, 0.05) is 30.6 Å². The van der Waals surface area contributed by atoms with Gasteiger partial charge in [0.05, 0.1) is 12.6 Å². The summed E-state index contributed by atoms with van der Waals surface area (Å²) in [6.45, 7) is 5.37. The van der Waals surface area contributed by atoms with E-state index in [9.17, 15) is 9.59 Å². The fraction of sp³-hybridized carbons (Fsp3) is 0.556. The molecule has 1 saturated heterocycles. The molecule has 2 aromatic rings. The van der Waals surface area contributed by atoms with Gasteiger partial charge in [0.25, 0.3) is 0 Å². The van der Waals surface area contributed by atoms with Gasteiger partial charge in [-0.15, -0.1) is 0 Å². The fourth-order valence-corrected chi connectivity index (χ4v) is 5.70. The smallest absolute Gasteiger partial charge is 0.228 e. The van der Waals surface area contributed by atoms with E-state index in [1.54, 1.807) is 0 Å². The SMILES string of the molecule is Cc1ccc(CN2C(=O)CCc3c(C)nc([C@H]4CCCN4C(=O)CC4CCCC4)nc32)cc1. The molecule has 33 heavy (non-hydrogen) atoms. The number of carbonyl (C=O) groups excluding carboxylic acids is 2. The van der Waals surface area contributed by atoms with Crippen molar-refractivity contribution in [3.63, 3.8) is 0 Å². The first kappa shape index (κ1) is 22.1. The molecule has 0 bridgehead atoms. The number of nitrogens with zero attached hydrogens (tertiary/aromatic N) is 4. The van der Waals surface area contributed by atoms with E-state index in [1.165, 1.54) is 31.2 Å². The van der Waals surface area contributed by atoms with Crippen molar-refractivity contribution >= 4 is 17.6 Å². The van der Waals surface area contributed by atoms with Crippen LogP contribution >= 0.6 is 0 Å². The average molecular weight is 447 g/mol. The summed E-state index contributed by atoms with van der Waals surface area (Å²) >= 11 is 0. The quantitative estimate of drug-likeness (QED) is 0.661. The van der Waals surface area contributed by atoms with Crippen molar-refractivity contribution in [2.75, 3.05) is 11.4 Å². The van der Waals surface area contributed by atoms with Gasteiger partial charge in [-0.1, -0.05) is 42.7 Å². The van der Waals surface area contributed by atoms with Crippen LogP contribution in [0.15, 0.2) is 24.3 Å². The number of likely N-dealkylation sites (tertiary alicyclic amines) is 1. The van der Waals surface area contributed by atoms with Gasteiger partial charge in [-0.2, -0.15) is 0 Å². The minimum Gasteiger partial charge on any atom is -0.332 e. The summed E-state index contributed by atoms with van der Waals surface area (Å²) in [5.74, 6) is 2.33. The first-order chi connectivity index (χ1) is 16.0. The van der Waals surface area contributed by atoms with Crippen LogP contribution in [-0.4, -0.2) is 33.2 Å². The number of anilines is 1. The standard InChI is InChI=1S/C27H34N4O2/c1-18-9-11-21(12-10-18)17-31-24(32)14-13-22-19(2)28-26(29-27(22)31)23-8-5-15-30(23)25(33)16-20-6-3-4-7-20/h9-12,20,23H,3-8,13-17H2,1-2H3/t23-/m1/s1. The Labute approximate surface area is 196 Å². The molecule has 1 aliphatic carbocycles. The van der Waals surface area contributed by atoms with Crippen molar-refractivity contribution in [1.82, 2.24) is 14.9 Å². The average Bonchev–Trinajstić information content (AvgIpc) is 3.49. The topological polar surface area (TPSA) is 66.4 Å². The van der Waals surface area contributed by atoms with Crippen LogP contribution in [0.4, 0.5) is 5.82 Å². The van der Waals surface area contributed by atoms with Gasteiger partial charge >= 0.3 is 0 Å². The van der Waals surface area contributed by atoms with E-state index in [2.05, 4.69) is 31.2 Å². The summed E-state index contributed by atoms with van der Waals surface area (Å²) in [4.78, 5) is 39.8. The van der Waals surface area contributed by atoms with Crippen LogP contribution < -0.4 is 4.90 Å². The number of carbonyl (C=O) groups is 2. The highest BCUT2D eigenvalue weighted by molar-refractivity contribution is 5.95. The van der Waals surface area contributed by atoms with Crippen molar-refractivity contribution in [2.45, 2.75) is 84.2 Å². The molecule has 0 radical (unpaired) electrons. The number of aryl methyl sites for hydroxylation is 2. The van der Waals surface area contributed by atoms with Crippen LogP contribution in [-0.2, 0) is 22.6 Å². The van der Waals surface area contributed by atoms with Gasteiger partial charge in [-0.3, -0.25) is 14.5 Å². The van der Waals surface area contributed by atoms with Gasteiger partial charge in [-0.25, -0.2) is 9.97 Å². The highest BCUT2D eigenvalue weighted by Crippen LogP contribution is 2.36. The van der Waals surface area contributed by atoms with Crippen molar-refractivity contribution in [3.05, 3.63) is 52.5 Å². The Bertz CT molecular complexity index is 1040. The van der Waals surface area contributed by atoms with Crippen molar-refractivity contribution in [2.24, 2.45) is 5.92 Å². The fourth-order valence-electron chi connectivity index (χ4n) is 5.70. The Morgan fingerprint density at radius 1 is 1.00 bits per heavy atom. The van der Waals surface area contributed by atoms with Gasteiger partial charge in [0.15, 0.2) is 5.82 Å². The Balaban J connectivity index is 1.43. The Hall–Kier alpha value is -2.76. The third-order valence-electron chi connectivity index (χ3n) is 7.63. The Morgan fingerprint density at radius 3 is 2.52 bits per heavy atom. The summed E-state index contributed by atoms with van der Waals surface area (Å²) in [5, 5.41) is 0. The molecule has 2 fully saturated rings. The highest BCUT2D eigenvalue weighted by atomic mass is 16.2. The van der Waals surface area contributed by atoms with Crippen LogP contribution in [0.1, 0.15) is 85.6 Å². The molecule has 0 N–H and O–H groups in total. The van der Waals surface area contributed by atoms with Crippen molar-refractivity contribution < 1.29 is 9.59 Å². The molecule has 1 aromatic carbocycles. The van der Waals surface area contributed by atoms with E-state index in [-0.39, 0.29) is 17.9 Å². The Morgan fingerprint density at radius 2 is 1.76 bits per heavy atom. The van der Waals surface area contributed by atoms with E-state index in [0.29, 0.717) is 37.5 Å². The molecule has 2 amide bonds. The molecular weight excluding hydrogens is 412 g/mol. The molecule has 2 aliphatic heterocycles. The second-order valence-electron chi connectivity index (χ2n) is 10.0. The van der Waals surface area contributed by atoms with E-state index < -0.39 is 0 Å². The summed E-state index contributed by atoms with van der Waals surface area (Å²) in [6, 6.07) is 8.22. The first-order valence-electron chi connectivity index (χ1n) is 12.5. The third kappa shape index (κ3) is 4.53. The molecule has 174 valence electrons. The Kier molecular flexibility index (Phi) is 6.17. The van der Waals surface area contributed by atoms with Crippen LogP contribution in [0.25, 0.3) is 0 Å².